The summed E-state index contributed by atoms with van der Waals surface area (Å²) in [5, 5.41) is 4.45. The summed E-state index contributed by atoms with van der Waals surface area (Å²) >= 11 is 25.0. The van der Waals surface area contributed by atoms with E-state index in [1.165, 1.54) is 4.90 Å². The predicted octanol–water partition coefficient (Wildman–Crippen LogP) is 5.79. The number of carbonyl (C=O) groups excluding carboxylic acids is 2. The quantitative estimate of drug-likeness (QED) is 0.525. The van der Waals surface area contributed by atoms with Gasteiger partial charge in [-0.1, -0.05) is 65.5 Å². The molecule has 0 heterocycles. The van der Waals surface area contributed by atoms with Crippen molar-refractivity contribution in [1.29, 1.82) is 0 Å². The maximum Gasteiger partial charge on any atom is 0.242 e. The van der Waals surface area contributed by atoms with E-state index in [4.69, 9.17) is 46.4 Å². The van der Waals surface area contributed by atoms with Crippen molar-refractivity contribution in [3.8, 4) is 0 Å². The van der Waals surface area contributed by atoms with Crippen LogP contribution in [0.4, 0.5) is 0 Å². The maximum atomic E-state index is 13.2. The van der Waals surface area contributed by atoms with Gasteiger partial charge in [-0.05, 0) is 43.2 Å². The summed E-state index contributed by atoms with van der Waals surface area (Å²) in [6, 6.07) is 9.42. The first-order valence-electron chi connectivity index (χ1n) is 9.19. The average Bonchev–Trinajstić information content (AvgIpc) is 2.68. The number of rotatable bonds is 8. The Kier molecular flexibility index (Phi) is 9.09. The normalized spacial score (nSPS) is 11.8. The van der Waals surface area contributed by atoms with E-state index < -0.39 is 6.04 Å². The van der Waals surface area contributed by atoms with Crippen molar-refractivity contribution < 1.29 is 9.59 Å². The first-order chi connectivity index (χ1) is 13.8. The highest BCUT2D eigenvalue weighted by Crippen LogP contribution is 2.29. The molecule has 1 atom stereocenters. The van der Waals surface area contributed by atoms with Crippen LogP contribution in [0, 0.1) is 0 Å². The van der Waals surface area contributed by atoms with E-state index in [2.05, 4.69) is 5.32 Å². The Bertz CT molecular complexity index is 848. The van der Waals surface area contributed by atoms with Crippen molar-refractivity contribution in [2.45, 2.75) is 39.3 Å². The highest BCUT2D eigenvalue weighted by molar-refractivity contribution is 6.36. The molecule has 0 fully saturated rings. The zero-order valence-corrected chi connectivity index (χ0v) is 19.2. The molecule has 2 aromatic rings. The van der Waals surface area contributed by atoms with E-state index in [1.54, 1.807) is 43.3 Å². The summed E-state index contributed by atoms with van der Waals surface area (Å²) in [5.74, 6) is -0.566. The van der Waals surface area contributed by atoms with Crippen LogP contribution in [-0.2, 0) is 22.6 Å². The minimum Gasteiger partial charge on any atom is -0.354 e. The van der Waals surface area contributed by atoms with Crippen LogP contribution in [0.25, 0.3) is 0 Å². The third-order valence-electron chi connectivity index (χ3n) is 4.50. The molecule has 0 aliphatic rings. The summed E-state index contributed by atoms with van der Waals surface area (Å²) in [5.41, 5.74) is 1.09. The van der Waals surface area contributed by atoms with Crippen molar-refractivity contribution in [2.24, 2.45) is 0 Å². The van der Waals surface area contributed by atoms with E-state index in [0.29, 0.717) is 37.8 Å². The Hall–Kier alpha value is -1.46. The molecule has 2 amide bonds. The van der Waals surface area contributed by atoms with Gasteiger partial charge < -0.3 is 10.2 Å². The van der Waals surface area contributed by atoms with Crippen molar-refractivity contribution in [3.63, 3.8) is 0 Å². The number of halogens is 4. The van der Waals surface area contributed by atoms with Crippen molar-refractivity contribution in [2.75, 3.05) is 6.54 Å². The largest absolute Gasteiger partial charge is 0.354 e. The Morgan fingerprint density at radius 3 is 1.90 bits per heavy atom. The van der Waals surface area contributed by atoms with Crippen LogP contribution >= 0.6 is 46.4 Å². The Morgan fingerprint density at radius 2 is 1.41 bits per heavy atom. The highest BCUT2D eigenvalue weighted by atomic mass is 35.5. The number of benzene rings is 2. The number of carbonyl (C=O) groups is 2. The molecule has 0 spiro atoms. The molecular weight excluding hydrogens is 454 g/mol. The lowest BCUT2D eigenvalue weighted by atomic mass is 10.1. The third-order valence-corrected chi connectivity index (χ3v) is 5.91. The maximum absolute atomic E-state index is 13.2. The fraction of sp³-hybridized carbons (Fsp3) is 0.333. The zero-order valence-electron chi connectivity index (χ0n) is 16.1. The fourth-order valence-corrected chi connectivity index (χ4v) is 3.83. The summed E-state index contributed by atoms with van der Waals surface area (Å²) in [6.45, 7) is 4.23. The predicted molar refractivity (Wildman–Crippen MR) is 120 cm³/mol. The van der Waals surface area contributed by atoms with Gasteiger partial charge in [-0.15, -0.1) is 0 Å². The highest BCUT2D eigenvalue weighted by Gasteiger charge is 2.28. The van der Waals surface area contributed by atoms with Crippen molar-refractivity contribution >= 4 is 58.2 Å². The summed E-state index contributed by atoms with van der Waals surface area (Å²) in [4.78, 5) is 27.2. The molecule has 0 radical (unpaired) electrons. The Morgan fingerprint density at radius 1 is 0.931 bits per heavy atom. The van der Waals surface area contributed by atoms with Crippen LogP contribution in [0.3, 0.4) is 0 Å². The molecule has 2 rings (SSSR count). The van der Waals surface area contributed by atoms with Gasteiger partial charge in [-0.2, -0.15) is 0 Å². The molecule has 156 valence electrons. The molecule has 4 nitrogen and oxygen atoms in total. The second-order valence-corrected chi connectivity index (χ2v) is 8.19. The Balaban J connectivity index is 2.35. The number of hydrogen-bond donors (Lipinski definition) is 1. The van der Waals surface area contributed by atoms with Gasteiger partial charge in [0.25, 0.3) is 0 Å². The number of nitrogens with zero attached hydrogens (tertiary/aromatic N) is 1. The number of nitrogens with one attached hydrogen (secondary N) is 1. The van der Waals surface area contributed by atoms with Gasteiger partial charge in [0.1, 0.15) is 6.04 Å². The number of amides is 2. The second-order valence-electron chi connectivity index (χ2n) is 6.57. The summed E-state index contributed by atoms with van der Waals surface area (Å²) < 4.78 is 0. The molecule has 0 bridgehead atoms. The van der Waals surface area contributed by atoms with Gasteiger partial charge in [0, 0.05) is 38.7 Å². The van der Waals surface area contributed by atoms with Gasteiger partial charge in [0.05, 0.1) is 6.42 Å². The molecule has 0 aliphatic carbocycles. The number of hydrogen-bond acceptors (Lipinski definition) is 2. The monoisotopic (exact) mass is 474 g/mol. The smallest absolute Gasteiger partial charge is 0.242 e. The van der Waals surface area contributed by atoms with Gasteiger partial charge >= 0.3 is 0 Å². The van der Waals surface area contributed by atoms with Gasteiger partial charge in [0.2, 0.25) is 11.8 Å². The lowest BCUT2D eigenvalue weighted by Gasteiger charge is -2.29. The molecule has 0 saturated carbocycles. The van der Waals surface area contributed by atoms with Crippen molar-refractivity contribution in [1.82, 2.24) is 10.2 Å². The standard InChI is InChI=1S/C21H22Cl4N2O2/c1-3-10-26-21(29)13(2)27(12-15-18(24)8-5-9-19(15)25)20(28)11-14-16(22)6-4-7-17(14)23/h4-9,13H,3,10-12H2,1-2H3,(H,26,29)/t13-/m1/s1. The summed E-state index contributed by atoms with van der Waals surface area (Å²) in [7, 11) is 0. The van der Waals surface area contributed by atoms with E-state index in [9.17, 15) is 9.59 Å². The van der Waals surface area contributed by atoms with Crippen LogP contribution in [0.15, 0.2) is 36.4 Å². The molecule has 2 aromatic carbocycles. The lowest BCUT2D eigenvalue weighted by molar-refractivity contribution is -0.140. The van der Waals surface area contributed by atoms with Crippen LogP contribution in [0.5, 0.6) is 0 Å². The molecule has 0 aliphatic heterocycles. The molecule has 8 heteroatoms. The van der Waals surface area contributed by atoms with Gasteiger partial charge in [-0.25, -0.2) is 0 Å². The molecule has 0 aromatic heterocycles. The minimum absolute atomic E-state index is 0.0496. The van der Waals surface area contributed by atoms with E-state index >= 15 is 0 Å². The van der Waals surface area contributed by atoms with Gasteiger partial charge in [0.15, 0.2) is 0 Å². The molecule has 29 heavy (non-hydrogen) atoms. The zero-order chi connectivity index (χ0) is 21.6. The lowest BCUT2D eigenvalue weighted by Crippen LogP contribution is -2.48. The van der Waals surface area contributed by atoms with Crippen molar-refractivity contribution in [3.05, 3.63) is 67.6 Å². The van der Waals surface area contributed by atoms with Crippen LogP contribution in [0.2, 0.25) is 20.1 Å². The summed E-state index contributed by atoms with van der Waals surface area (Å²) in [6.07, 6.45) is 0.740. The average molecular weight is 476 g/mol. The first kappa shape index (κ1) is 23.8. The third kappa shape index (κ3) is 6.26. The van der Waals surface area contributed by atoms with E-state index in [-0.39, 0.29) is 24.8 Å². The molecular formula is C21H22Cl4N2O2. The van der Waals surface area contributed by atoms with E-state index in [0.717, 1.165) is 6.42 Å². The fourth-order valence-electron chi connectivity index (χ4n) is 2.79. The van der Waals surface area contributed by atoms with Gasteiger partial charge in [-0.3, -0.25) is 9.59 Å². The van der Waals surface area contributed by atoms with Crippen LogP contribution in [0.1, 0.15) is 31.4 Å². The van der Waals surface area contributed by atoms with E-state index in [1.807, 2.05) is 6.92 Å². The van der Waals surface area contributed by atoms with Crippen LogP contribution in [-0.4, -0.2) is 29.3 Å². The molecule has 0 saturated heterocycles. The minimum atomic E-state index is -0.734. The first-order valence-corrected chi connectivity index (χ1v) is 10.7. The second kappa shape index (κ2) is 11.1. The topological polar surface area (TPSA) is 49.4 Å². The molecule has 1 N–H and O–H groups in total. The molecule has 0 unspecified atom stereocenters. The van der Waals surface area contributed by atoms with Crippen LogP contribution < -0.4 is 5.32 Å². The Labute approximate surface area is 191 Å². The SMILES string of the molecule is CCCNC(=O)[C@@H](C)N(Cc1c(Cl)cccc1Cl)C(=O)Cc1c(Cl)cccc1Cl.